The molecule has 0 aromatic heterocycles. The Morgan fingerprint density at radius 1 is 0.848 bits per heavy atom. The Morgan fingerprint density at radius 3 is 1.64 bits per heavy atom. The number of rotatable bonds is 19. The summed E-state index contributed by atoms with van der Waals surface area (Å²) in [7, 11) is -4.13. The molecule has 0 aliphatic rings. The van der Waals surface area contributed by atoms with Crippen molar-refractivity contribution >= 4 is 19.5 Å². The third kappa shape index (κ3) is 30.5. The van der Waals surface area contributed by atoms with Crippen LogP contribution >= 0.6 is 7.60 Å². The van der Waals surface area contributed by atoms with Crippen LogP contribution in [0.25, 0.3) is 0 Å². The zero-order valence-corrected chi connectivity index (χ0v) is 21.3. The van der Waals surface area contributed by atoms with Crippen molar-refractivity contribution in [1.82, 2.24) is 0 Å². The first kappa shape index (κ1) is 33.7. The van der Waals surface area contributed by atoms with Crippen molar-refractivity contribution in [2.45, 2.75) is 110 Å². The van der Waals surface area contributed by atoms with E-state index < -0.39 is 31.7 Å². The van der Waals surface area contributed by atoms with E-state index >= 15 is 0 Å². The molecule has 194 valence electrons. The molecular weight excluding hydrogens is 445 g/mol. The second-order valence-electron chi connectivity index (χ2n) is 8.47. The number of unbranched alkanes of at least 4 members (excludes halogenated alkanes) is 13. The van der Waals surface area contributed by atoms with Gasteiger partial charge in [0.15, 0.2) is 0 Å². The van der Waals surface area contributed by atoms with E-state index in [0.29, 0.717) is 0 Å². The molecule has 1 atom stereocenters. The number of hydrogen-bond donors (Lipinski definition) is 5. The van der Waals surface area contributed by atoms with E-state index in [1.165, 1.54) is 90.0 Å². The van der Waals surface area contributed by atoms with Gasteiger partial charge in [-0.25, -0.2) is 4.79 Å². The molecule has 0 saturated heterocycles. The minimum absolute atomic E-state index is 0.267. The average molecular weight is 492 g/mol. The molecule has 0 amide bonds. The first-order valence-corrected chi connectivity index (χ1v) is 13.9. The Labute approximate surface area is 199 Å². The lowest BCUT2D eigenvalue weighted by Crippen LogP contribution is -2.28. The van der Waals surface area contributed by atoms with Gasteiger partial charge in [0.2, 0.25) is 0 Å². The molecule has 0 spiro atoms. The van der Waals surface area contributed by atoms with Crippen LogP contribution in [0.4, 0.5) is 0 Å². The van der Waals surface area contributed by atoms with Crippen molar-refractivity contribution in [3.05, 3.63) is 23.8 Å². The van der Waals surface area contributed by atoms with E-state index in [1.807, 2.05) is 0 Å². The predicted octanol–water partition coefficient (Wildman–Crippen LogP) is 5.63. The van der Waals surface area contributed by atoms with Gasteiger partial charge in [-0.1, -0.05) is 102 Å². The fourth-order valence-corrected chi connectivity index (χ4v) is 3.97. The summed E-state index contributed by atoms with van der Waals surface area (Å²) < 4.78 is 10.5. The number of nitrogens with two attached hydrogens (primary N) is 1. The summed E-state index contributed by atoms with van der Waals surface area (Å²) in [4.78, 5) is 37.5. The third-order valence-electron chi connectivity index (χ3n) is 4.94. The first-order valence-electron chi connectivity index (χ1n) is 12.1. The van der Waals surface area contributed by atoms with Gasteiger partial charge in [-0.15, -0.1) is 0 Å². The fraction of sp³-hybridized carbons (Fsp3) is 0.750. The SMILES string of the molecule is C/C(=C\C(N)C(=O)O)CP(=O)(O)O.CCCCCCCCCCCCCCC/C=C/C(=O)O. The molecular formula is C24H46NO7P. The molecule has 0 aromatic carbocycles. The van der Waals surface area contributed by atoms with Gasteiger partial charge in [0, 0.05) is 6.08 Å². The maximum Gasteiger partial charge on any atom is 0.329 e. The monoisotopic (exact) mass is 491 g/mol. The maximum atomic E-state index is 10.5. The van der Waals surface area contributed by atoms with Gasteiger partial charge in [-0.3, -0.25) is 9.36 Å². The summed E-state index contributed by atoms with van der Waals surface area (Å²) in [5, 5.41) is 16.8. The molecule has 8 nitrogen and oxygen atoms in total. The van der Waals surface area contributed by atoms with Crippen LogP contribution in [0, 0.1) is 0 Å². The smallest absolute Gasteiger partial charge is 0.329 e. The number of allylic oxidation sites excluding steroid dienone is 2. The highest BCUT2D eigenvalue weighted by atomic mass is 31.2. The normalized spacial score (nSPS) is 12.9. The van der Waals surface area contributed by atoms with E-state index in [0.717, 1.165) is 18.9 Å². The van der Waals surface area contributed by atoms with Crippen LogP contribution in [-0.4, -0.2) is 44.1 Å². The van der Waals surface area contributed by atoms with Crippen molar-refractivity contribution in [2.24, 2.45) is 5.73 Å². The number of hydrogen-bond acceptors (Lipinski definition) is 4. The van der Waals surface area contributed by atoms with Crippen LogP contribution in [0.15, 0.2) is 23.8 Å². The van der Waals surface area contributed by atoms with Crippen LogP contribution in [0.5, 0.6) is 0 Å². The minimum Gasteiger partial charge on any atom is -0.480 e. The highest BCUT2D eigenvalue weighted by Gasteiger charge is 2.15. The molecule has 0 heterocycles. The van der Waals surface area contributed by atoms with Gasteiger partial charge in [-0.2, -0.15) is 0 Å². The lowest BCUT2D eigenvalue weighted by molar-refractivity contribution is -0.137. The van der Waals surface area contributed by atoms with Crippen molar-refractivity contribution < 1.29 is 34.2 Å². The third-order valence-corrected chi connectivity index (χ3v) is 5.85. The summed E-state index contributed by atoms with van der Waals surface area (Å²) in [6.45, 7) is 3.68. The molecule has 0 rings (SSSR count). The van der Waals surface area contributed by atoms with Crippen molar-refractivity contribution in [1.29, 1.82) is 0 Å². The van der Waals surface area contributed by atoms with Gasteiger partial charge in [0.05, 0.1) is 6.16 Å². The Morgan fingerprint density at radius 2 is 1.27 bits per heavy atom. The average Bonchev–Trinajstić information content (AvgIpc) is 2.69. The fourth-order valence-electron chi connectivity index (χ4n) is 3.22. The van der Waals surface area contributed by atoms with Gasteiger partial charge < -0.3 is 25.7 Å². The van der Waals surface area contributed by atoms with Crippen molar-refractivity contribution in [3.8, 4) is 0 Å². The molecule has 0 saturated carbocycles. The van der Waals surface area contributed by atoms with Crippen LogP contribution in [0.3, 0.4) is 0 Å². The highest BCUT2D eigenvalue weighted by Crippen LogP contribution is 2.36. The second-order valence-corrected chi connectivity index (χ2v) is 10.1. The molecule has 0 aliphatic heterocycles. The number of aliphatic carboxylic acids is 2. The standard InChI is InChI=1S/C18H34O2.C6H12NO5P/c1-2-3-4-5-6-7-8-9-10-11-12-13-14-15-16-17-18(19)20;1-4(3-13(10,11)12)2-5(7)6(8)9/h16-17H,2-15H2,1H3,(H,19,20);2,5H,3,7H2,1H3,(H,8,9)(H2,10,11,12)/b17-16+;4-2+. The summed E-state index contributed by atoms with van der Waals surface area (Å²) in [6, 6.07) is -1.22. The summed E-state index contributed by atoms with van der Waals surface area (Å²) in [5.74, 6) is -2.07. The highest BCUT2D eigenvalue weighted by molar-refractivity contribution is 7.52. The van der Waals surface area contributed by atoms with Crippen molar-refractivity contribution in [3.63, 3.8) is 0 Å². The maximum absolute atomic E-state index is 10.5. The molecule has 6 N–H and O–H groups in total. The van der Waals surface area contributed by atoms with Crippen LogP contribution in [-0.2, 0) is 14.2 Å². The van der Waals surface area contributed by atoms with Crippen LogP contribution in [0.2, 0.25) is 0 Å². The number of carbonyl (C=O) groups is 2. The van der Waals surface area contributed by atoms with E-state index in [-0.39, 0.29) is 5.57 Å². The first-order chi connectivity index (χ1) is 15.5. The quantitative estimate of drug-likeness (QED) is 0.0673. The zero-order valence-electron chi connectivity index (χ0n) is 20.5. The summed E-state index contributed by atoms with van der Waals surface area (Å²) in [6.07, 6.45) is 22.2. The topological polar surface area (TPSA) is 158 Å². The Hall–Kier alpha value is -1.47. The molecule has 9 heteroatoms. The molecule has 0 fully saturated rings. The van der Waals surface area contributed by atoms with Gasteiger partial charge in [0.25, 0.3) is 0 Å². The molecule has 1 unspecified atom stereocenters. The molecule has 0 aliphatic carbocycles. The van der Waals surface area contributed by atoms with E-state index in [9.17, 15) is 14.2 Å². The van der Waals surface area contributed by atoms with E-state index in [1.54, 1.807) is 6.08 Å². The largest absolute Gasteiger partial charge is 0.480 e. The summed E-state index contributed by atoms with van der Waals surface area (Å²) in [5.41, 5.74) is 5.37. The zero-order chi connectivity index (χ0) is 25.5. The number of carboxylic acids is 2. The Bertz CT molecular complexity index is 614. The lowest BCUT2D eigenvalue weighted by Gasteiger charge is -2.05. The minimum atomic E-state index is -4.13. The van der Waals surface area contributed by atoms with Gasteiger partial charge in [0.1, 0.15) is 6.04 Å². The van der Waals surface area contributed by atoms with E-state index in [4.69, 9.17) is 25.7 Å². The summed E-state index contributed by atoms with van der Waals surface area (Å²) >= 11 is 0. The van der Waals surface area contributed by atoms with Crippen molar-refractivity contribution in [2.75, 3.05) is 6.16 Å². The predicted molar refractivity (Wildman–Crippen MR) is 133 cm³/mol. The molecule has 0 radical (unpaired) electrons. The molecule has 33 heavy (non-hydrogen) atoms. The second kappa shape index (κ2) is 22.3. The van der Waals surface area contributed by atoms with Gasteiger partial charge in [-0.05, 0) is 19.8 Å². The Kier molecular flexibility index (Phi) is 22.8. The van der Waals surface area contributed by atoms with Gasteiger partial charge >= 0.3 is 19.5 Å². The van der Waals surface area contributed by atoms with Crippen LogP contribution in [0.1, 0.15) is 104 Å². The van der Waals surface area contributed by atoms with Crippen LogP contribution < -0.4 is 5.73 Å². The lowest BCUT2D eigenvalue weighted by atomic mass is 10.0. The van der Waals surface area contributed by atoms with E-state index in [2.05, 4.69) is 6.92 Å². The number of carboxylic acid groups (broad SMARTS) is 2. The molecule has 0 bridgehead atoms. The molecule has 0 aromatic rings. The Balaban J connectivity index is 0.